The fraction of sp³-hybridized carbons (Fsp3) is 0.800. The van der Waals surface area contributed by atoms with Gasteiger partial charge in [0.1, 0.15) is 12.6 Å². The third-order valence-corrected chi connectivity index (χ3v) is 3.68. The summed E-state index contributed by atoms with van der Waals surface area (Å²) in [5.41, 5.74) is 5.02. The van der Waals surface area contributed by atoms with Crippen molar-refractivity contribution >= 4 is 17.7 Å². The van der Waals surface area contributed by atoms with E-state index in [0.717, 1.165) is 25.7 Å². The predicted molar refractivity (Wildman–Crippen MR) is 83.4 cm³/mol. The molecule has 1 aliphatic carbocycles. The second-order valence-electron chi connectivity index (χ2n) is 5.63. The number of carbonyl (C=O) groups excluding carboxylic acids is 3. The maximum Gasteiger partial charge on any atom is 0.246 e. The first-order valence-corrected chi connectivity index (χ1v) is 8.02. The molecule has 0 aromatic carbocycles. The van der Waals surface area contributed by atoms with Gasteiger partial charge in [-0.2, -0.15) is 0 Å². The lowest BCUT2D eigenvalue weighted by molar-refractivity contribution is -0.130. The van der Waals surface area contributed by atoms with Gasteiger partial charge in [0.15, 0.2) is 0 Å². The Kier molecular flexibility index (Phi) is 9.23. The molecule has 4 N–H and O–H groups in total. The highest BCUT2D eigenvalue weighted by molar-refractivity contribution is 5.86. The van der Waals surface area contributed by atoms with E-state index in [0.29, 0.717) is 19.8 Å². The zero-order valence-electron chi connectivity index (χ0n) is 13.6. The summed E-state index contributed by atoms with van der Waals surface area (Å²) in [6.45, 7) is 2.83. The molecule has 1 saturated carbocycles. The number of nitrogens with one attached hydrogen (secondary N) is 2. The molecule has 1 aliphatic rings. The topological polar surface area (TPSA) is 120 Å². The lowest BCUT2D eigenvalue weighted by Crippen LogP contribution is -2.43. The fourth-order valence-electron chi connectivity index (χ4n) is 2.32. The predicted octanol–water partition coefficient (Wildman–Crippen LogP) is -0.684. The number of primary amides is 1. The second-order valence-corrected chi connectivity index (χ2v) is 5.63. The van der Waals surface area contributed by atoms with E-state index in [2.05, 4.69) is 10.6 Å². The van der Waals surface area contributed by atoms with E-state index in [1.165, 1.54) is 6.92 Å². The Labute approximate surface area is 136 Å². The van der Waals surface area contributed by atoms with Crippen LogP contribution in [0.25, 0.3) is 0 Å². The summed E-state index contributed by atoms with van der Waals surface area (Å²) in [5.74, 6) is -0.719. The molecule has 23 heavy (non-hydrogen) atoms. The van der Waals surface area contributed by atoms with Crippen molar-refractivity contribution < 1.29 is 23.9 Å². The van der Waals surface area contributed by atoms with E-state index in [9.17, 15) is 14.4 Å². The average molecular weight is 329 g/mol. The molecular weight excluding hydrogens is 302 g/mol. The Morgan fingerprint density at radius 3 is 2.43 bits per heavy atom. The van der Waals surface area contributed by atoms with Gasteiger partial charge in [-0.05, 0) is 19.8 Å². The molecule has 0 radical (unpaired) electrons. The largest absolute Gasteiger partial charge is 0.377 e. The molecule has 1 unspecified atom stereocenters. The van der Waals surface area contributed by atoms with Gasteiger partial charge in [0.2, 0.25) is 17.7 Å². The molecule has 0 bridgehead atoms. The zero-order valence-corrected chi connectivity index (χ0v) is 13.6. The van der Waals surface area contributed by atoms with Crippen LogP contribution in [0.1, 0.15) is 32.6 Å². The minimum Gasteiger partial charge on any atom is -0.377 e. The fourth-order valence-corrected chi connectivity index (χ4v) is 2.32. The molecule has 0 aromatic heterocycles. The van der Waals surface area contributed by atoms with Crippen molar-refractivity contribution in [3.8, 4) is 0 Å². The van der Waals surface area contributed by atoms with E-state index in [-0.39, 0.29) is 25.0 Å². The lowest BCUT2D eigenvalue weighted by Gasteiger charge is -2.11. The third kappa shape index (κ3) is 8.51. The van der Waals surface area contributed by atoms with Crippen molar-refractivity contribution in [2.45, 2.75) is 38.6 Å². The van der Waals surface area contributed by atoms with E-state index < -0.39 is 17.9 Å². The normalized spacial score (nSPS) is 16.0. The summed E-state index contributed by atoms with van der Waals surface area (Å²) in [7, 11) is 0. The number of hydrogen-bond acceptors (Lipinski definition) is 5. The molecule has 1 fully saturated rings. The van der Waals surface area contributed by atoms with Crippen molar-refractivity contribution in [2.24, 2.45) is 11.7 Å². The van der Waals surface area contributed by atoms with Gasteiger partial charge in [0.05, 0.1) is 19.8 Å². The molecule has 0 aromatic rings. The van der Waals surface area contributed by atoms with Gasteiger partial charge in [-0.1, -0.05) is 12.8 Å². The smallest absolute Gasteiger partial charge is 0.246 e. The highest BCUT2D eigenvalue weighted by atomic mass is 16.5. The van der Waals surface area contributed by atoms with Crippen molar-refractivity contribution in [1.29, 1.82) is 0 Å². The SMILES string of the molecule is CC(NC(=O)COCCOCCNC(=O)C1CCCC1)C(N)=O. The molecule has 3 amide bonds. The summed E-state index contributed by atoms with van der Waals surface area (Å²) in [5, 5.41) is 5.26. The summed E-state index contributed by atoms with van der Waals surface area (Å²) in [4.78, 5) is 33.8. The highest BCUT2D eigenvalue weighted by Gasteiger charge is 2.21. The Hall–Kier alpha value is -1.67. The number of nitrogens with two attached hydrogens (primary N) is 1. The van der Waals surface area contributed by atoms with Gasteiger partial charge in [-0.15, -0.1) is 0 Å². The number of ether oxygens (including phenoxy) is 2. The van der Waals surface area contributed by atoms with Gasteiger partial charge >= 0.3 is 0 Å². The van der Waals surface area contributed by atoms with E-state index in [1.54, 1.807) is 0 Å². The third-order valence-electron chi connectivity index (χ3n) is 3.68. The highest BCUT2D eigenvalue weighted by Crippen LogP contribution is 2.24. The van der Waals surface area contributed by atoms with Gasteiger partial charge in [0.25, 0.3) is 0 Å². The molecule has 8 nitrogen and oxygen atoms in total. The molecule has 1 rings (SSSR count). The molecule has 0 aliphatic heterocycles. The maximum atomic E-state index is 11.7. The van der Waals surface area contributed by atoms with Gasteiger partial charge < -0.3 is 25.8 Å². The van der Waals surface area contributed by atoms with Crippen LogP contribution in [-0.2, 0) is 23.9 Å². The lowest BCUT2D eigenvalue weighted by atomic mass is 10.1. The molecule has 1 atom stereocenters. The number of carbonyl (C=O) groups is 3. The maximum absolute atomic E-state index is 11.7. The van der Waals surface area contributed by atoms with Crippen LogP contribution in [0.5, 0.6) is 0 Å². The van der Waals surface area contributed by atoms with Crippen LogP contribution in [0.3, 0.4) is 0 Å². The van der Waals surface area contributed by atoms with Gasteiger partial charge in [-0.25, -0.2) is 0 Å². The van der Waals surface area contributed by atoms with Crippen molar-refractivity contribution in [3.05, 3.63) is 0 Å². The van der Waals surface area contributed by atoms with Crippen molar-refractivity contribution in [3.63, 3.8) is 0 Å². The van der Waals surface area contributed by atoms with Crippen LogP contribution in [0, 0.1) is 5.92 Å². The number of amides is 3. The Morgan fingerprint density at radius 1 is 1.13 bits per heavy atom. The monoisotopic (exact) mass is 329 g/mol. The van der Waals surface area contributed by atoms with Crippen LogP contribution in [0.15, 0.2) is 0 Å². The van der Waals surface area contributed by atoms with Crippen LogP contribution >= 0.6 is 0 Å². The second kappa shape index (κ2) is 11.0. The Balaban J connectivity index is 1.90. The minimum absolute atomic E-state index is 0.114. The van der Waals surface area contributed by atoms with Crippen molar-refractivity contribution in [2.75, 3.05) is 33.0 Å². The van der Waals surface area contributed by atoms with Gasteiger partial charge in [-0.3, -0.25) is 14.4 Å². The summed E-state index contributed by atoms with van der Waals surface area (Å²) in [6, 6.07) is -0.717. The molecule has 8 heteroatoms. The van der Waals surface area contributed by atoms with E-state index in [4.69, 9.17) is 15.2 Å². The quantitative estimate of drug-likeness (QED) is 0.434. The number of hydrogen-bond donors (Lipinski definition) is 3. The first-order chi connectivity index (χ1) is 11.0. The molecule has 132 valence electrons. The number of rotatable bonds is 11. The van der Waals surface area contributed by atoms with Crippen LogP contribution in [-0.4, -0.2) is 56.7 Å². The van der Waals surface area contributed by atoms with Gasteiger partial charge in [0, 0.05) is 12.5 Å². The summed E-state index contributed by atoms with van der Waals surface area (Å²) >= 11 is 0. The zero-order chi connectivity index (χ0) is 17.1. The first-order valence-electron chi connectivity index (χ1n) is 8.02. The van der Waals surface area contributed by atoms with E-state index in [1.807, 2.05) is 0 Å². The molecule has 0 heterocycles. The Bertz CT molecular complexity index is 397. The summed E-state index contributed by atoms with van der Waals surface area (Å²) < 4.78 is 10.4. The standard InChI is InChI=1S/C15H27N3O5/c1-11(14(16)20)18-13(19)10-23-9-8-22-7-6-17-15(21)12-4-2-3-5-12/h11-12H,2-10H2,1H3,(H2,16,20)(H,17,21)(H,18,19). The van der Waals surface area contributed by atoms with Crippen molar-refractivity contribution in [1.82, 2.24) is 10.6 Å². The van der Waals surface area contributed by atoms with E-state index >= 15 is 0 Å². The molecule has 0 spiro atoms. The Morgan fingerprint density at radius 2 is 1.78 bits per heavy atom. The van der Waals surface area contributed by atoms with Crippen LogP contribution in [0.2, 0.25) is 0 Å². The average Bonchev–Trinajstić information content (AvgIpc) is 3.03. The minimum atomic E-state index is -0.717. The summed E-state index contributed by atoms with van der Waals surface area (Å²) in [6.07, 6.45) is 4.24. The molecule has 0 saturated heterocycles. The van der Waals surface area contributed by atoms with Crippen LogP contribution < -0.4 is 16.4 Å². The van der Waals surface area contributed by atoms with Crippen LogP contribution in [0.4, 0.5) is 0 Å². The first kappa shape index (κ1) is 19.4. The molecular formula is C15H27N3O5.